The van der Waals surface area contributed by atoms with Gasteiger partial charge in [0.2, 0.25) is 0 Å². The number of nitrogens with zero attached hydrogens (tertiary/aromatic N) is 2. The van der Waals surface area contributed by atoms with Crippen LogP contribution in [0.2, 0.25) is 10.0 Å². The van der Waals surface area contributed by atoms with Gasteiger partial charge in [-0.15, -0.1) is 0 Å². The molecule has 0 aliphatic carbocycles. The third kappa shape index (κ3) is 3.77. The van der Waals surface area contributed by atoms with Gasteiger partial charge in [-0.1, -0.05) is 42.3 Å². The van der Waals surface area contributed by atoms with Crippen LogP contribution in [0.3, 0.4) is 0 Å². The van der Waals surface area contributed by atoms with E-state index in [1.807, 2.05) is 4.90 Å². The second kappa shape index (κ2) is 7.81. The molecular formula is C22H19Cl2FN2O2. The Hall–Kier alpha value is -2.37. The van der Waals surface area contributed by atoms with E-state index in [1.165, 1.54) is 36.4 Å². The molecule has 29 heavy (non-hydrogen) atoms. The zero-order valence-electron chi connectivity index (χ0n) is 15.8. The van der Waals surface area contributed by atoms with Crippen LogP contribution in [0, 0.1) is 11.7 Å². The van der Waals surface area contributed by atoms with Crippen molar-refractivity contribution in [2.45, 2.75) is 19.8 Å². The molecule has 7 heteroatoms. The Morgan fingerprint density at radius 3 is 2.10 bits per heavy atom. The Kier molecular flexibility index (Phi) is 5.36. The Labute approximate surface area is 178 Å². The molecule has 1 fully saturated rings. The van der Waals surface area contributed by atoms with E-state index >= 15 is 0 Å². The number of amides is 2. The third-order valence-electron chi connectivity index (χ3n) is 5.40. The van der Waals surface area contributed by atoms with E-state index in [2.05, 4.69) is 6.92 Å². The highest BCUT2D eigenvalue weighted by molar-refractivity contribution is 6.46. The number of anilines is 1. The smallest absolute Gasteiger partial charge is 0.282 e. The van der Waals surface area contributed by atoms with Crippen LogP contribution in [-0.2, 0) is 9.59 Å². The molecule has 2 amide bonds. The standard InChI is InChI=1S/C22H19Cl2FN2O2/c1-13-6-8-26(9-7-13)20-19(14-2-4-17(25)5-3-14)21(28)27(22(20)29)18-11-15(23)10-16(24)12-18/h2-5,10-13H,6-9H2,1H3. The molecular weight excluding hydrogens is 414 g/mol. The fraction of sp³-hybridized carbons (Fsp3) is 0.273. The predicted octanol–water partition coefficient (Wildman–Crippen LogP) is 5.15. The molecule has 0 radical (unpaired) electrons. The largest absolute Gasteiger partial charge is 0.366 e. The number of imide groups is 1. The van der Waals surface area contributed by atoms with Gasteiger partial charge in [0, 0.05) is 23.1 Å². The fourth-order valence-electron chi connectivity index (χ4n) is 3.82. The minimum Gasteiger partial charge on any atom is -0.366 e. The van der Waals surface area contributed by atoms with Crippen molar-refractivity contribution in [3.63, 3.8) is 0 Å². The summed E-state index contributed by atoms with van der Waals surface area (Å²) in [7, 11) is 0. The maximum atomic E-state index is 13.5. The van der Waals surface area contributed by atoms with E-state index in [0.717, 1.165) is 17.7 Å². The quantitative estimate of drug-likeness (QED) is 0.629. The SMILES string of the molecule is CC1CCN(C2=C(c3ccc(F)cc3)C(=O)N(c3cc(Cl)cc(Cl)c3)C2=O)CC1. The first-order valence-electron chi connectivity index (χ1n) is 9.45. The van der Waals surface area contributed by atoms with Gasteiger partial charge in [-0.2, -0.15) is 0 Å². The topological polar surface area (TPSA) is 40.6 Å². The van der Waals surface area contributed by atoms with Gasteiger partial charge in [0.25, 0.3) is 11.8 Å². The average molecular weight is 433 g/mol. The van der Waals surface area contributed by atoms with Gasteiger partial charge >= 0.3 is 0 Å². The van der Waals surface area contributed by atoms with Gasteiger partial charge in [-0.05, 0) is 54.7 Å². The number of rotatable bonds is 3. The van der Waals surface area contributed by atoms with Gasteiger partial charge in [0.05, 0.1) is 11.3 Å². The van der Waals surface area contributed by atoms with Crippen molar-refractivity contribution >= 4 is 46.3 Å². The van der Waals surface area contributed by atoms with Crippen molar-refractivity contribution in [2.24, 2.45) is 5.92 Å². The van der Waals surface area contributed by atoms with Crippen molar-refractivity contribution in [1.29, 1.82) is 0 Å². The summed E-state index contributed by atoms with van der Waals surface area (Å²) in [5.41, 5.74) is 1.46. The van der Waals surface area contributed by atoms with E-state index < -0.39 is 17.6 Å². The number of likely N-dealkylation sites (tertiary alicyclic amines) is 1. The number of carbonyl (C=O) groups excluding carboxylic acids is 2. The van der Waals surface area contributed by atoms with Crippen molar-refractivity contribution in [3.8, 4) is 0 Å². The lowest BCUT2D eigenvalue weighted by Crippen LogP contribution is -2.38. The first-order chi connectivity index (χ1) is 13.8. The van der Waals surface area contributed by atoms with Crippen molar-refractivity contribution in [1.82, 2.24) is 4.90 Å². The maximum absolute atomic E-state index is 13.5. The molecule has 2 aliphatic rings. The second-order valence-corrected chi connectivity index (χ2v) is 8.35. The molecule has 0 unspecified atom stereocenters. The summed E-state index contributed by atoms with van der Waals surface area (Å²) in [6.45, 7) is 3.54. The highest BCUT2D eigenvalue weighted by Crippen LogP contribution is 2.37. The average Bonchev–Trinajstić information content (AvgIpc) is 2.93. The van der Waals surface area contributed by atoms with Gasteiger partial charge in [-0.3, -0.25) is 9.59 Å². The summed E-state index contributed by atoms with van der Waals surface area (Å²) >= 11 is 12.2. The molecule has 2 heterocycles. The maximum Gasteiger partial charge on any atom is 0.282 e. The van der Waals surface area contributed by atoms with Crippen LogP contribution < -0.4 is 4.90 Å². The van der Waals surface area contributed by atoms with E-state index in [0.29, 0.717) is 46.0 Å². The number of carbonyl (C=O) groups is 2. The summed E-state index contributed by atoms with van der Waals surface area (Å²) in [5.74, 6) is -0.718. The number of piperidine rings is 1. The number of halogens is 3. The van der Waals surface area contributed by atoms with Crippen LogP contribution in [0.15, 0.2) is 48.2 Å². The van der Waals surface area contributed by atoms with E-state index in [-0.39, 0.29) is 5.57 Å². The molecule has 1 saturated heterocycles. The molecule has 0 N–H and O–H groups in total. The lowest BCUT2D eigenvalue weighted by molar-refractivity contribution is -0.120. The minimum absolute atomic E-state index is 0.278. The van der Waals surface area contributed by atoms with Crippen LogP contribution in [0.1, 0.15) is 25.3 Å². The van der Waals surface area contributed by atoms with Crippen molar-refractivity contribution in [2.75, 3.05) is 18.0 Å². The van der Waals surface area contributed by atoms with Crippen LogP contribution in [0.25, 0.3) is 5.57 Å². The number of hydrogen-bond acceptors (Lipinski definition) is 3. The summed E-state index contributed by atoms with van der Waals surface area (Å²) < 4.78 is 13.5. The van der Waals surface area contributed by atoms with E-state index in [1.54, 1.807) is 6.07 Å². The highest BCUT2D eigenvalue weighted by atomic mass is 35.5. The summed E-state index contributed by atoms with van der Waals surface area (Å²) in [5, 5.41) is 0.661. The molecule has 0 aromatic heterocycles. The molecule has 2 aromatic carbocycles. The third-order valence-corrected chi connectivity index (χ3v) is 5.83. The number of hydrogen-bond donors (Lipinski definition) is 0. The Bertz CT molecular complexity index is 992. The van der Waals surface area contributed by atoms with Gasteiger partial charge in [0.15, 0.2) is 0 Å². The predicted molar refractivity (Wildman–Crippen MR) is 112 cm³/mol. The normalized spacial score (nSPS) is 18.2. The monoisotopic (exact) mass is 432 g/mol. The summed E-state index contributed by atoms with van der Waals surface area (Å²) in [4.78, 5) is 29.9. The lowest BCUT2D eigenvalue weighted by atomic mass is 9.97. The molecule has 0 spiro atoms. The Morgan fingerprint density at radius 2 is 1.52 bits per heavy atom. The van der Waals surface area contributed by atoms with Crippen molar-refractivity contribution < 1.29 is 14.0 Å². The lowest BCUT2D eigenvalue weighted by Gasteiger charge is -2.32. The second-order valence-electron chi connectivity index (χ2n) is 7.47. The van der Waals surface area contributed by atoms with Gasteiger partial charge in [0.1, 0.15) is 11.5 Å². The molecule has 0 saturated carbocycles. The minimum atomic E-state index is -0.464. The molecule has 2 aliphatic heterocycles. The summed E-state index contributed by atoms with van der Waals surface area (Å²) in [6.07, 6.45) is 1.87. The first-order valence-corrected chi connectivity index (χ1v) is 10.2. The molecule has 150 valence electrons. The van der Waals surface area contributed by atoms with E-state index in [9.17, 15) is 14.0 Å². The zero-order chi connectivity index (χ0) is 20.7. The first kappa shape index (κ1) is 19.9. The van der Waals surface area contributed by atoms with Crippen LogP contribution in [0.5, 0.6) is 0 Å². The molecule has 4 rings (SSSR count). The fourth-order valence-corrected chi connectivity index (χ4v) is 4.34. The molecule has 0 atom stereocenters. The zero-order valence-corrected chi connectivity index (χ0v) is 17.3. The van der Waals surface area contributed by atoms with Crippen LogP contribution in [-0.4, -0.2) is 29.8 Å². The highest BCUT2D eigenvalue weighted by Gasteiger charge is 2.43. The molecule has 4 nitrogen and oxygen atoms in total. The van der Waals surface area contributed by atoms with Gasteiger partial charge < -0.3 is 4.90 Å². The molecule has 2 aromatic rings. The molecule has 0 bridgehead atoms. The van der Waals surface area contributed by atoms with E-state index in [4.69, 9.17) is 23.2 Å². The Morgan fingerprint density at radius 1 is 0.931 bits per heavy atom. The Balaban J connectivity index is 1.82. The summed E-state index contributed by atoms with van der Waals surface area (Å²) in [6, 6.07) is 10.2. The van der Waals surface area contributed by atoms with Crippen LogP contribution >= 0.6 is 23.2 Å². The van der Waals surface area contributed by atoms with Crippen molar-refractivity contribution in [3.05, 3.63) is 69.6 Å². The number of benzene rings is 2. The van der Waals surface area contributed by atoms with Gasteiger partial charge in [-0.25, -0.2) is 9.29 Å². The van der Waals surface area contributed by atoms with Crippen LogP contribution in [0.4, 0.5) is 10.1 Å².